The molecule has 10 heteroatoms. The number of ether oxygens (including phenoxy) is 1. The standard InChI is InChI=1S/C16H17N5O4S/c1-4-25-14(22)12-9(2)17-15-18-16(26-3)19-20(15)13(12)10-7-5-6-8-11(10)21(23)24/h5-8,13H,4H2,1-3H3,(H,17,18,19)/t13-/m1/s1. The van der Waals surface area contributed by atoms with E-state index in [0.29, 0.717) is 22.4 Å². The second kappa shape index (κ2) is 7.16. The van der Waals surface area contributed by atoms with Crippen LogP contribution in [0.1, 0.15) is 25.5 Å². The predicted octanol–water partition coefficient (Wildman–Crippen LogP) is 2.76. The van der Waals surface area contributed by atoms with Gasteiger partial charge in [0.25, 0.3) is 5.69 Å². The van der Waals surface area contributed by atoms with Gasteiger partial charge in [-0.3, -0.25) is 10.1 Å². The minimum atomic E-state index is -0.805. The maximum atomic E-state index is 12.6. The van der Waals surface area contributed by atoms with Crippen LogP contribution in [-0.4, -0.2) is 38.5 Å². The largest absolute Gasteiger partial charge is 0.463 e. The summed E-state index contributed by atoms with van der Waals surface area (Å²) in [6.45, 7) is 3.61. The molecule has 9 nitrogen and oxygen atoms in total. The summed E-state index contributed by atoms with van der Waals surface area (Å²) < 4.78 is 6.67. The fourth-order valence-corrected chi connectivity index (χ4v) is 3.21. The number of hydrogen-bond acceptors (Lipinski definition) is 8. The molecule has 0 saturated heterocycles. The molecule has 0 fully saturated rings. The number of hydrogen-bond donors (Lipinski definition) is 1. The molecule has 26 heavy (non-hydrogen) atoms. The molecule has 0 bridgehead atoms. The van der Waals surface area contributed by atoms with E-state index in [4.69, 9.17) is 4.74 Å². The zero-order valence-corrected chi connectivity index (χ0v) is 15.2. The summed E-state index contributed by atoms with van der Waals surface area (Å²) in [5, 5.41) is 19.5. The van der Waals surface area contributed by atoms with Crippen molar-refractivity contribution in [3.05, 3.63) is 51.2 Å². The van der Waals surface area contributed by atoms with E-state index in [2.05, 4.69) is 15.4 Å². The Bertz CT molecular complexity index is 908. The number of carbonyl (C=O) groups is 1. The molecule has 0 saturated carbocycles. The van der Waals surface area contributed by atoms with E-state index in [1.807, 2.05) is 6.26 Å². The van der Waals surface area contributed by atoms with Crippen molar-refractivity contribution in [1.82, 2.24) is 14.8 Å². The van der Waals surface area contributed by atoms with Crippen LogP contribution in [0.5, 0.6) is 0 Å². The molecule has 1 aromatic carbocycles. The van der Waals surface area contributed by atoms with Gasteiger partial charge in [-0.1, -0.05) is 23.9 Å². The fourth-order valence-electron chi connectivity index (χ4n) is 2.86. The summed E-state index contributed by atoms with van der Waals surface area (Å²) in [4.78, 5) is 28.0. The first-order valence-electron chi connectivity index (χ1n) is 7.86. The number of benzene rings is 1. The number of nitro groups is 1. The van der Waals surface area contributed by atoms with Gasteiger partial charge in [0.05, 0.1) is 22.7 Å². The van der Waals surface area contributed by atoms with Crippen LogP contribution in [0.25, 0.3) is 0 Å². The molecule has 1 N–H and O–H groups in total. The zero-order chi connectivity index (χ0) is 18.8. The van der Waals surface area contributed by atoms with Gasteiger partial charge in [-0.25, -0.2) is 9.48 Å². The number of allylic oxidation sites excluding steroid dienone is 1. The lowest BCUT2D eigenvalue weighted by atomic mass is 9.94. The van der Waals surface area contributed by atoms with Crippen LogP contribution in [0, 0.1) is 10.1 Å². The number of nitrogens with zero attached hydrogens (tertiary/aromatic N) is 4. The molecule has 0 unspecified atom stereocenters. The first-order chi connectivity index (χ1) is 12.5. The Kier molecular flexibility index (Phi) is 4.94. The molecule has 2 heterocycles. The topological polar surface area (TPSA) is 112 Å². The molecule has 1 atom stereocenters. The number of carbonyl (C=O) groups excluding carboxylic acids is 1. The number of nitro benzene ring substituents is 1. The minimum absolute atomic E-state index is 0.0962. The molecule has 2 aromatic rings. The van der Waals surface area contributed by atoms with Crippen LogP contribution in [0.15, 0.2) is 40.7 Å². The van der Waals surface area contributed by atoms with Crippen LogP contribution in [-0.2, 0) is 9.53 Å². The zero-order valence-electron chi connectivity index (χ0n) is 14.4. The van der Waals surface area contributed by atoms with Gasteiger partial charge < -0.3 is 10.1 Å². The van der Waals surface area contributed by atoms with Crippen molar-refractivity contribution in [2.75, 3.05) is 18.2 Å². The minimum Gasteiger partial charge on any atom is -0.463 e. The molecule has 1 aliphatic rings. The highest BCUT2D eigenvalue weighted by Gasteiger charge is 2.38. The van der Waals surface area contributed by atoms with Gasteiger partial charge in [0, 0.05) is 11.8 Å². The quantitative estimate of drug-likeness (QED) is 0.367. The van der Waals surface area contributed by atoms with Gasteiger partial charge in [0.1, 0.15) is 6.04 Å². The summed E-state index contributed by atoms with van der Waals surface area (Å²) in [7, 11) is 0. The van der Waals surface area contributed by atoms with Crippen LogP contribution < -0.4 is 5.32 Å². The van der Waals surface area contributed by atoms with Gasteiger partial charge in [-0.05, 0) is 26.2 Å². The van der Waals surface area contributed by atoms with Crippen LogP contribution in [0.2, 0.25) is 0 Å². The lowest BCUT2D eigenvalue weighted by molar-refractivity contribution is -0.385. The third-order valence-corrected chi connectivity index (χ3v) is 4.48. The first-order valence-corrected chi connectivity index (χ1v) is 9.09. The van der Waals surface area contributed by atoms with Crippen molar-refractivity contribution >= 4 is 29.4 Å². The average Bonchev–Trinajstić information content (AvgIpc) is 3.03. The third-order valence-electron chi connectivity index (χ3n) is 3.94. The van der Waals surface area contributed by atoms with Crippen LogP contribution >= 0.6 is 11.8 Å². The number of aromatic nitrogens is 3. The maximum Gasteiger partial charge on any atom is 0.338 e. The lowest BCUT2D eigenvalue weighted by Crippen LogP contribution is -2.30. The monoisotopic (exact) mass is 375 g/mol. The fraction of sp³-hybridized carbons (Fsp3) is 0.312. The Labute approximate surface area is 153 Å². The van der Waals surface area contributed by atoms with E-state index in [-0.39, 0.29) is 17.9 Å². The Morgan fingerprint density at radius 3 is 2.85 bits per heavy atom. The van der Waals surface area contributed by atoms with E-state index in [1.54, 1.807) is 32.0 Å². The normalized spacial score (nSPS) is 16.0. The first kappa shape index (κ1) is 17.9. The summed E-state index contributed by atoms with van der Waals surface area (Å²) >= 11 is 1.34. The van der Waals surface area contributed by atoms with E-state index >= 15 is 0 Å². The Morgan fingerprint density at radius 1 is 1.46 bits per heavy atom. The lowest BCUT2D eigenvalue weighted by Gasteiger charge is -2.27. The van der Waals surface area contributed by atoms with Crippen LogP contribution in [0.3, 0.4) is 0 Å². The van der Waals surface area contributed by atoms with Crippen molar-refractivity contribution in [2.24, 2.45) is 0 Å². The molecule has 1 aromatic heterocycles. The smallest absolute Gasteiger partial charge is 0.338 e. The molecule has 0 spiro atoms. The number of fused-ring (bicyclic) bond motifs is 1. The van der Waals surface area contributed by atoms with Gasteiger partial charge in [0.2, 0.25) is 11.1 Å². The number of esters is 1. The van der Waals surface area contributed by atoms with Crippen molar-refractivity contribution in [1.29, 1.82) is 0 Å². The van der Waals surface area contributed by atoms with Crippen molar-refractivity contribution in [3.8, 4) is 0 Å². The Balaban J connectivity index is 2.25. The highest BCUT2D eigenvalue weighted by molar-refractivity contribution is 7.98. The van der Waals surface area contributed by atoms with Gasteiger partial charge in [0.15, 0.2) is 0 Å². The number of anilines is 1. The highest BCUT2D eigenvalue weighted by Crippen LogP contribution is 2.39. The molecule has 0 radical (unpaired) electrons. The number of para-hydroxylation sites is 1. The Hall–Kier alpha value is -2.88. The summed E-state index contributed by atoms with van der Waals surface area (Å²) in [6, 6.07) is 5.49. The molecule has 3 rings (SSSR count). The number of rotatable bonds is 5. The maximum absolute atomic E-state index is 12.6. The summed E-state index contributed by atoms with van der Waals surface area (Å²) in [5.74, 6) is -0.129. The SMILES string of the molecule is CCOC(=O)C1=C(C)Nc2nc(SC)nn2[C@@H]1c1ccccc1[N+](=O)[O-]. The van der Waals surface area contributed by atoms with Gasteiger partial charge in [-0.15, -0.1) is 5.10 Å². The molecule has 0 aliphatic carbocycles. The van der Waals surface area contributed by atoms with Crippen molar-refractivity contribution in [3.63, 3.8) is 0 Å². The van der Waals surface area contributed by atoms with Crippen molar-refractivity contribution < 1.29 is 14.5 Å². The van der Waals surface area contributed by atoms with Gasteiger partial charge in [-0.2, -0.15) is 4.98 Å². The summed E-state index contributed by atoms with van der Waals surface area (Å²) in [6.07, 6.45) is 1.83. The Morgan fingerprint density at radius 2 is 2.19 bits per heavy atom. The molecular weight excluding hydrogens is 358 g/mol. The molecule has 136 valence electrons. The van der Waals surface area contributed by atoms with E-state index in [9.17, 15) is 14.9 Å². The molecule has 1 aliphatic heterocycles. The number of thioether (sulfide) groups is 1. The van der Waals surface area contributed by atoms with Crippen molar-refractivity contribution in [2.45, 2.75) is 25.0 Å². The van der Waals surface area contributed by atoms with E-state index in [0.717, 1.165) is 0 Å². The third kappa shape index (κ3) is 3.03. The molecule has 0 amide bonds. The second-order valence-electron chi connectivity index (χ2n) is 5.47. The predicted molar refractivity (Wildman–Crippen MR) is 96.0 cm³/mol. The van der Waals surface area contributed by atoms with Gasteiger partial charge >= 0.3 is 5.97 Å². The van der Waals surface area contributed by atoms with Crippen LogP contribution in [0.4, 0.5) is 11.6 Å². The summed E-state index contributed by atoms with van der Waals surface area (Å²) in [5.41, 5.74) is 1.05. The van der Waals surface area contributed by atoms with E-state index < -0.39 is 16.9 Å². The van der Waals surface area contributed by atoms with E-state index in [1.165, 1.54) is 22.5 Å². The second-order valence-corrected chi connectivity index (χ2v) is 6.24. The highest BCUT2D eigenvalue weighted by atomic mass is 32.2. The average molecular weight is 375 g/mol. The molecular formula is C16H17N5O4S. The number of nitrogens with one attached hydrogen (secondary N) is 1.